The van der Waals surface area contributed by atoms with Crippen LogP contribution in [-0.2, 0) is 0 Å². The van der Waals surface area contributed by atoms with Gasteiger partial charge >= 0.3 is 0 Å². The van der Waals surface area contributed by atoms with Crippen LogP contribution in [0.5, 0.6) is 0 Å². The molecule has 2 fully saturated rings. The van der Waals surface area contributed by atoms with E-state index >= 15 is 0 Å². The van der Waals surface area contributed by atoms with Crippen LogP contribution < -0.4 is 9.80 Å². The predicted octanol–water partition coefficient (Wildman–Crippen LogP) is 2.60. The van der Waals surface area contributed by atoms with Crippen LogP contribution in [0.2, 0.25) is 0 Å². The van der Waals surface area contributed by atoms with Gasteiger partial charge < -0.3 is 9.80 Å². The molecule has 2 aliphatic heterocycles. The van der Waals surface area contributed by atoms with E-state index in [9.17, 15) is 0 Å². The molecule has 0 spiro atoms. The van der Waals surface area contributed by atoms with Crippen LogP contribution in [0.15, 0.2) is 55.0 Å². The second-order valence-electron chi connectivity index (χ2n) is 6.73. The summed E-state index contributed by atoms with van der Waals surface area (Å²) in [7, 11) is 0. The highest BCUT2D eigenvalue weighted by molar-refractivity contribution is 5.89. The molecule has 2 aromatic heterocycles. The number of pyridine rings is 1. The Bertz CT molecular complexity index is 847. The lowest BCUT2D eigenvalue weighted by atomic mass is 10.0. The van der Waals surface area contributed by atoms with E-state index in [1.165, 1.54) is 0 Å². The fourth-order valence-corrected chi connectivity index (χ4v) is 4.14. The highest BCUT2D eigenvalue weighted by atomic mass is 15.3. The number of benzene rings is 1. The Morgan fingerprint density at radius 3 is 2.29 bits per heavy atom. The molecule has 4 heterocycles. The fourth-order valence-electron chi connectivity index (χ4n) is 4.14. The zero-order valence-corrected chi connectivity index (χ0v) is 13.4. The van der Waals surface area contributed by atoms with Gasteiger partial charge in [0.05, 0.1) is 5.52 Å². The number of hydrogen-bond acceptors (Lipinski definition) is 5. The van der Waals surface area contributed by atoms with Crippen molar-refractivity contribution in [3.8, 4) is 0 Å². The maximum Gasteiger partial charge on any atom is 0.139 e. The Hall–Kier alpha value is -2.69. The van der Waals surface area contributed by atoms with Crippen molar-refractivity contribution >= 4 is 22.5 Å². The maximum absolute atomic E-state index is 4.58. The van der Waals surface area contributed by atoms with E-state index < -0.39 is 0 Å². The van der Waals surface area contributed by atoms with Crippen LogP contribution in [0.1, 0.15) is 0 Å². The zero-order chi connectivity index (χ0) is 15.9. The molecule has 5 nitrogen and oxygen atoms in total. The van der Waals surface area contributed by atoms with Gasteiger partial charge in [0.1, 0.15) is 18.0 Å². The van der Waals surface area contributed by atoms with Gasteiger partial charge in [-0.2, -0.15) is 0 Å². The van der Waals surface area contributed by atoms with Crippen molar-refractivity contribution < 1.29 is 0 Å². The summed E-state index contributed by atoms with van der Waals surface area (Å²) >= 11 is 0. The number of hydrogen-bond donors (Lipinski definition) is 0. The summed E-state index contributed by atoms with van der Waals surface area (Å²) in [6.45, 7) is 4.30. The topological polar surface area (TPSA) is 45.2 Å². The van der Waals surface area contributed by atoms with Crippen molar-refractivity contribution in [2.24, 2.45) is 11.8 Å². The van der Waals surface area contributed by atoms with E-state index in [0.29, 0.717) is 11.8 Å². The largest absolute Gasteiger partial charge is 0.356 e. The Balaban J connectivity index is 1.38. The first-order chi connectivity index (χ1) is 11.9. The van der Waals surface area contributed by atoms with E-state index in [4.69, 9.17) is 0 Å². The van der Waals surface area contributed by atoms with Crippen molar-refractivity contribution in [1.29, 1.82) is 0 Å². The van der Waals surface area contributed by atoms with Crippen LogP contribution in [0.3, 0.4) is 0 Å². The van der Waals surface area contributed by atoms with Gasteiger partial charge in [0.15, 0.2) is 0 Å². The summed E-state index contributed by atoms with van der Waals surface area (Å²) in [5, 5.41) is 1.15. The summed E-state index contributed by atoms with van der Waals surface area (Å²) in [5.41, 5.74) is 1.02. The van der Waals surface area contributed by atoms with Crippen molar-refractivity contribution in [3.63, 3.8) is 0 Å². The number of rotatable bonds is 2. The number of aromatic nitrogens is 3. The van der Waals surface area contributed by atoms with Gasteiger partial charge in [-0.3, -0.25) is 0 Å². The third-order valence-corrected chi connectivity index (χ3v) is 5.28. The van der Waals surface area contributed by atoms with Crippen molar-refractivity contribution in [1.82, 2.24) is 15.0 Å². The summed E-state index contributed by atoms with van der Waals surface area (Å²) in [5.74, 6) is 3.55. The monoisotopic (exact) mass is 317 g/mol. The minimum absolute atomic E-state index is 0.681. The quantitative estimate of drug-likeness (QED) is 0.727. The van der Waals surface area contributed by atoms with Crippen LogP contribution in [-0.4, -0.2) is 41.1 Å². The molecule has 120 valence electrons. The molecule has 3 aromatic rings. The number of fused-ring (bicyclic) bond motifs is 2. The average molecular weight is 317 g/mol. The Morgan fingerprint density at radius 2 is 1.50 bits per heavy atom. The molecule has 0 N–H and O–H groups in total. The van der Waals surface area contributed by atoms with Crippen molar-refractivity contribution in [2.75, 3.05) is 36.0 Å². The normalized spacial score (nSPS) is 23.0. The summed E-state index contributed by atoms with van der Waals surface area (Å²) < 4.78 is 0. The van der Waals surface area contributed by atoms with Crippen LogP contribution in [0.4, 0.5) is 11.6 Å². The Labute approximate surface area is 141 Å². The SMILES string of the molecule is c1ccc(N2CC3CN(c4ncnc5ccccc45)CC3C2)nc1. The zero-order valence-electron chi connectivity index (χ0n) is 13.4. The van der Waals surface area contributed by atoms with E-state index in [1.54, 1.807) is 6.33 Å². The molecular weight excluding hydrogens is 298 g/mol. The molecule has 2 aliphatic rings. The van der Waals surface area contributed by atoms with E-state index in [-0.39, 0.29) is 0 Å². The second kappa shape index (κ2) is 5.44. The van der Waals surface area contributed by atoms with Gasteiger partial charge in [-0.05, 0) is 24.3 Å². The molecule has 0 saturated carbocycles. The molecule has 5 heteroatoms. The molecule has 24 heavy (non-hydrogen) atoms. The van der Waals surface area contributed by atoms with E-state index in [0.717, 1.165) is 48.7 Å². The Kier molecular flexibility index (Phi) is 3.11. The predicted molar refractivity (Wildman–Crippen MR) is 95.2 cm³/mol. The maximum atomic E-state index is 4.58. The molecule has 0 amide bonds. The highest BCUT2D eigenvalue weighted by Crippen LogP contribution is 2.36. The smallest absolute Gasteiger partial charge is 0.139 e. The molecule has 0 aliphatic carbocycles. The van der Waals surface area contributed by atoms with Crippen LogP contribution in [0.25, 0.3) is 10.9 Å². The van der Waals surface area contributed by atoms with E-state index in [2.05, 4.69) is 55.1 Å². The van der Waals surface area contributed by atoms with Gasteiger partial charge in [-0.25, -0.2) is 15.0 Å². The first kappa shape index (κ1) is 13.7. The summed E-state index contributed by atoms with van der Waals surface area (Å²) in [4.78, 5) is 18.3. The molecule has 2 unspecified atom stereocenters. The van der Waals surface area contributed by atoms with Gasteiger partial charge in [-0.1, -0.05) is 18.2 Å². The van der Waals surface area contributed by atoms with Crippen molar-refractivity contribution in [2.45, 2.75) is 0 Å². The van der Waals surface area contributed by atoms with Crippen LogP contribution in [0, 0.1) is 11.8 Å². The first-order valence-electron chi connectivity index (χ1n) is 8.49. The number of para-hydroxylation sites is 1. The molecule has 0 radical (unpaired) electrons. The van der Waals surface area contributed by atoms with Gasteiger partial charge in [0.25, 0.3) is 0 Å². The average Bonchev–Trinajstić information content (AvgIpc) is 3.21. The summed E-state index contributed by atoms with van der Waals surface area (Å²) in [6.07, 6.45) is 3.56. The standard InChI is InChI=1S/C19H19N5/c1-2-6-17-16(5-1)19(22-13-21-17)24-11-14-9-23(10-15(14)12-24)18-7-3-4-8-20-18/h1-8,13-15H,9-12H2. The molecule has 2 saturated heterocycles. The molecule has 2 atom stereocenters. The molecular formula is C19H19N5. The number of nitrogens with zero attached hydrogens (tertiary/aromatic N) is 5. The lowest BCUT2D eigenvalue weighted by Gasteiger charge is -2.23. The fraction of sp³-hybridized carbons (Fsp3) is 0.316. The van der Waals surface area contributed by atoms with Gasteiger partial charge in [-0.15, -0.1) is 0 Å². The third kappa shape index (κ3) is 2.19. The lowest BCUT2D eigenvalue weighted by Crippen LogP contribution is -2.29. The van der Waals surface area contributed by atoms with Crippen LogP contribution >= 0.6 is 0 Å². The van der Waals surface area contributed by atoms with E-state index in [1.807, 2.05) is 18.3 Å². The minimum atomic E-state index is 0.681. The third-order valence-electron chi connectivity index (χ3n) is 5.28. The van der Waals surface area contributed by atoms with Gasteiger partial charge in [0, 0.05) is 49.6 Å². The Morgan fingerprint density at radius 1 is 0.750 bits per heavy atom. The minimum Gasteiger partial charge on any atom is -0.356 e. The lowest BCUT2D eigenvalue weighted by molar-refractivity contribution is 0.533. The summed E-state index contributed by atoms with van der Waals surface area (Å²) in [6, 6.07) is 14.4. The second-order valence-corrected chi connectivity index (χ2v) is 6.73. The van der Waals surface area contributed by atoms with Gasteiger partial charge in [0.2, 0.25) is 0 Å². The van der Waals surface area contributed by atoms with Crippen molar-refractivity contribution in [3.05, 3.63) is 55.0 Å². The number of anilines is 2. The molecule has 1 aromatic carbocycles. The highest BCUT2D eigenvalue weighted by Gasteiger charge is 2.41. The molecule has 5 rings (SSSR count). The molecule has 0 bridgehead atoms. The first-order valence-corrected chi connectivity index (χ1v) is 8.49.